The predicted molar refractivity (Wildman–Crippen MR) is 92.8 cm³/mol. The van der Waals surface area contributed by atoms with E-state index in [0.717, 1.165) is 35.7 Å². The van der Waals surface area contributed by atoms with Gasteiger partial charge in [-0.15, -0.1) is 0 Å². The quantitative estimate of drug-likeness (QED) is 0.921. The van der Waals surface area contributed by atoms with Gasteiger partial charge in [0.1, 0.15) is 5.82 Å². The minimum atomic E-state index is 0.175. The fourth-order valence-electron chi connectivity index (χ4n) is 3.19. The fourth-order valence-corrected chi connectivity index (χ4v) is 3.43. The van der Waals surface area contributed by atoms with E-state index in [1.54, 1.807) is 19.2 Å². The summed E-state index contributed by atoms with van der Waals surface area (Å²) in [6, 6.07) is 7.74. The molecular weight excluding hydrogens is 324 g/mol. The molecule has 1 aromatic carbocycles. The zero-order chi connectivity index (χ0) is 17.3. The van der Waals surface area contributed by atoms with Gasteiger partial charge in [-0.2, -0.15) is 5.26 Å². The molecule has 1 saturated heterocycles. The Morgan fingerprint density at radius 2 is 2.25 bits per heavy atom. The molecule has 0 amide bonds. The second-order valence-electron chi connectivity index (χ2n) is 6.29. The highest BCUT2D eigenvalue weighted by Gasteiger charge is 2.35. The number of aromatic nitrogens is 2. The first-order valence-electron chi connectivity index (χ1n) is 8.00. The third-order valence-corrected chi connectivity index (χ3v) is 5.07. The van der Waals surface area contributed by atoms with Crippen LogP contribution in [0.4, 0.5) is 0 Å². The normalized spacial score (nSPS) is 21.1. The van der Waals surface area contributed by atoms with Crippen LogP contribution < -0.4 is 0 Å². The number of aromatic amines is 1. The zero-order valence-electron chi connectivity index (χ0n) is 14.1. The van der Waals surface area contributed by atoms with Crippen LogP contribution in [0.15, 0.2) is 18.2 Å². The van der Waals surface area contributed by atoms with Crippen molar-refractivity contribution < 1.29 is 4.74 Å². The Morgan fingerprint density at radius 3 is 2.83 bits per heavy atom. The Bertz CT molecular complexity index is 760. The van der Waals surface area contributed by atoms with E-state index >= 15 is 0 Å². The van der Waals surface area contributed by atoms with E-state index in [2.05, 4.69) is 20.9 Å². The van der Waals surface area contributed by atoms with E-state index in [4.69, 9.17) is 21.6 Å². The number of nitriles is 1. The van der Waals surface area contributed by atoms with Gasteiger partial charge in [0, 0.05) is 30.9 Å². The largest absolute Gasteiger partial charge is 0.380 e. The van der Waals surface area contributed by atoms with Crippen LogP contribution in [0.3, 0.4) is 0 Å². The van der Waals surface area contributed by atoms with Gasteiger partial charge in [0.15, 0.2) is 0 Å². The number of imidazole rings is 1. The fraction of sp³-hybridized carbons (Fsp3) is 0.444. The van der Waals surface area contributed by atoms with Crippen LogP contribution >= 0.6 is 11.6 Å². The smallest absolute Gasteiger partial charge is 0.124 e. The first kappa shape index (κ1) is 17.0. The van der Waals surface area contributed by atoms with Crippen molar-refractivity contribution in [3.63, 3.8) is 0 Å². The molecule has 1 aromatic heterocycles. The van der Waals surface area contributed by atoms with Gasteiger partial charge in [0.2, 0.25) is 0 Å². The minimum absolute atomic E-state index is 0.175. The maximum Gasteiger partial charge on any atom is 0.124 e. The Labute approximate surface area is 147 Å². The number of ether oxygens (including phenoxy) is 1. The van der Waals surface area contributed by atoms with E-state index in [0.29, 0.717) is 17.1 Å². The molecule has 2 aromatic rings. The number of nitrogens with one attached hydrogen (secondary N) is 1. The number of aryl methyl sites for hydroxylation is 2. The number of halogens is 1. The standard InChI is InChI=1S/C18H21ClN4O/c1-11-12(2)22-18(21-11)17-7-15(24-3)10-23(17)9-14-5-4-13(8-20)6-16(14)19/h4-6,15,17H,7,9-10H2,1-3H3,(H,21,22)/t15-,17+/m1/s1. The molecule has 0 aliphatic carbocycles. The van der Waals surface area contributed by atoms with Gasteiger partial charge in [-0.3, -0.25) is 4.90 Å². The van der Waals surface area contributed by atoms with Crippen molar-refractivity contribution >= 4 is 11.6 Å². The number of H-pyrrole nitrogens is 1. The third-order valence-electron chi connectivity index (χ3n) is 4.72. The molecule has 1 aliphatic heterocycles. The van der Waals surface area contributed by atoms with E-state index < -0.39 is 0 Å². The van der Waals surface area contributed by atoms with Gasteiger partial charge < -0.3 is 9.72 Å². The van der Waals surface area contributed by atoms with Crippen molar-refractivity contribution in [1.29, 1.82) is 5.26 Å². The minimum Gasteiger partial charge on any atom is -0.380 e. The third kappa shape index (κ3) is 3.32. The molecule has 0 unspecified atom stereocenters. The lowest BCUT2D eigenvalue weighted by Crippen LogP contribution is -2.25. The number of methoxy groups -OCH3 is 1. The Balaban J connectivity index is 1.85. The highest BCUT2D eigenvalue weighted by molar-refractivity contribution is 6.31. The molecular formula is C18H21ClN4O. The van der Waals surface area contributed by atoms with Gasteiger partial charge >= 0.3 is 0 Å². The first-order valence-corrected chi connectivity index (χ1v) is 8.38. The van der Waals surface area contributed by atoms with Crippen molar-refractivity contribution in [2.75, 3.05) is 13.7 Å². The zero-order valence-corrected chi connectivity index (χ0v) is 14.9. The summed E-state index contributed by atoms with van der Waals surface area (Å²) in [4.78, 5) is 10.4. The Hall–Kier alpha value is -1.87. The number of hydrogen-bond acceptors (Lipinski definition) is 4. The van der Waals surface area contributed by atoms with Crippen LogP contribution in [-0.4, -0.2) is 34.6 Å². The summed E-state index contributed by atoms with van der Waals surface area (Å²) in [6.45, 7) is 5.58. The topological polar surface area (TPSA) is 64.9 Å². The number of benzene rings is 1. The summed E-state index contributed by atoms with van der Waals surface area (Å²) < 4.78 is 5.58. The molecule has 0 radical (unpaired) electrons. The van der Waals surface area contributed by atoms with E-state index in [-0.39, 0.29) is 12.1 Å². The van der Waals surface area contributed by atoms with Crippen LogP contribution in [0, 0.1) is 25.2 Å². The van der Waals surface area contributed by atoms with Crippen molar-refractivity contribution in [3.8, 4) is 6.07 Å². The van der Waals surface area contributed by atoms with Crippen molar-refractivity contribution in [1.82, 2.24) is 14.9 Å². The van der Waals surface area contributed by atoms with Gasteiger partial charge in [-0.25, -0.2) is 4.98 Å². The monoisotopic (exact) mass is 344 g/mol. The second-order valence-corrected chi connectivity index (χ2v) is 6.70. The van der Waals surface area contributed by atoms with Gasteiger partial charge in [0.25, 0.3) is 0 Å². The second kappa shape index (κ2) is 6.94. The lowest BCUT2D eigenvalue weighted by Gasteiger charge is -2.23. The molecule has 0 saturated carbocycles. The van der Waals surface area contributed by atoms with Crippen LogP contribution in [-0.2, 0) is 11.3 Å². The molecule has 2 heterocycles. The van der Waals surface area contributed by atoms with Crippen molar-refractivity contribution in [3.05, 3.63) is 51.6 Å². The summed E-state index contributed by atoms with van der Waals surface area (Å²) in [6.07, 6.45) is 1.08. The molecule has 3 rings (SSSR count). The summed E-state index contributed by atoms with van der Waals surface area (Å²) in [5, 5.41) is 9.60. The van der Waals surface area contributed by atoms with E-state index in [1.807, 2.05) is 19.9 Å². The van der Waals surface area contributed by atoms with Crippen LogP contribution in [0.1, 0.15) is 40.8 Å². The molecule has 2 atom stereocenters. The van der Waals surface area contributed by atoms with Gasteiger partial charge in [0.05, 0.1) is 29.5 Å². The number of hydrogen-bond donors (Lipinski definition) is 1. The SMILES string of the molecule is CO[C@@H]1C[C@@H](c2nc(C)c(C)[nH]2)N(Cc2ccc(C#N)cc2Cl)C1. The number of nitrogens with zero attached hydrogens (tertiary/aromatic N) is 3. The Kier molecular flexibility index (Phi) is 4.91. The molecule has 1 aliphatic rings. The highest BCUT2D eigenvalue weighted by Crippen LogP contribution is 2.34. The van der Waals surface area contributed by atoms with Gasteiger partial charge in [-0.05, 0) is 38.0 Å². The summed E-state index contributed by atoms with van der Waals surface area (Å²) >= 11 is 6.35. The molecule has 0 bridgehead atoms. The average molecular weight is 345 g/mol. The summed E-state index contributed by atoms with van der Waals surface area (Å²) in [5.41, 5.74) is 3.72. The average Bonchev–Trinajstić information content (AvgIpc) is 3.12. The van der Waals surface area contributed by atoms with E-state index in [9.17, 15) is 0 Å². The molecule has 0 spiro atoms. The van der Waals surface area contributed by atoms with E-state index in [1.165, 1.54) is 0 Å². The number of rotatable bonds is 4. The summed E-state index contributed by atoms with van der Waals surface area (Å²) in [7, 11) is 1.75. The van der Waals surface area contributed by atoms with Crippen LogP contribution in [0.25, 0.3) is 0 Å². The maximum absolute atomic E-state index is 8.97. The molecule has 126 valence electrons. The van der Waals surface area contributed by atoms with Crippen molar-refractivity contribution in [2.24, 2.45) is 0 Å². The Morgan fingerprint density at radius 1 is 1.46 bits per heavy atom. The molecule has 5 nitrogen and oxygen atoms in total. The number of likely N-dealkylation sites (tertiary alicyclic amines) is 1. The summed E-state index contributed by atoms with van der Waals surface area (Å²) in [5.74, 6) is 0.981. The molecule has 1 fully saturated rings. The molecule has 1 N–H and O–H groups in total. The lowest BCUT2D eigenvalue weighted by atomic mass is 10.1. The first-order chi connectivity index (χ1) is 11.5. The van der Waals surface area contributed by atoms with Crippen LogP contribution in [0.5, 0.6) is 0 Å². The highest BCUT2D eigenvalue weighted by atomic mass is 35.5. The predicted octanol–water partition coefficient (Wildman–Crippen LogP) is 3.51. The molecule has 24 heavy (non-hydrogen) atoms. The van der Waals surface area contributed by atoms with Gasteiger partial charge in [-0.1, -0.05) is 17.7 Å². The van der Waals surface area contributed by atoms with Crippen LogP contribution in [0.2, 0.25) is 5.02 Å². The molecule has 6 heteroatoms. The van der Waals surface area contributed by atoms with Crippen molar-refractivity contribution in [2.45, 2.75) is 39.0 Å². The maximum atomic E-state index is 8.97. The lowest BCUT2D eigenvalue weighted by molar-refractivity contribution is 0.107.